The molecule has 0 atom stereocenters. The Hall–Kier alpha value is -2.69. The molecule has 1 aromatic carbocycles. The van der Waals surface area contributed by atoms with Crippen molar-refractivity contribution >= 4 is 11.9 Å². The van der Waals surface area contributed by atoms with Gasteiger partial charge in [0.1, 0.15) is 12.3 Å². The molecule has 0 spiro atoms. The van der Waals surface area contributed by atoms with E-state index in [2.05, 4.69) is 4.98 Å². The topological polar surface area (TPSA) is 65.5 Å². The van der Waals surface area contributed by atoms with Gasteiger partial charge in [0.25, 0.3) is 0 Å². The molecule has 0 aliphatic heterocycles. The number of benzene rings is 1. The summed E-state index contributed by atoms with van der Waals surface area (Å²) in [5, 5.41) is 0. The van der Waals surface area contributed by atoms with E-state index in [1.54, 1.807) is 19.1 Å². The van der Waals surface area contributed by atoms with E-state index in [4.69, 9.17) is 9.47 Å². The van der Waals surface area contributed by atoms with E-state index in [9.17, 15) is 9.59 Å². The molecule has 0 amide bonds. The van der Waals surface area contributed by atoms with Gasteiger partial charge in [-0.2, -0.15) is 0 Å². The fraction of sp³-hybridized carbons (Fsp3) is 0.235. The smallest absolute Gasteiger partial charge is 0.356 e. The van der Waals surface area contributed by atoms with Crippen molar-refractivity contribution in [2.75, 3.05) is 6.61 Å². The molecule has 2 aromatic rings. The highest BCUT2D eigenvalue weighted by molar-refractivity contribution is 5.87. The number of aromatic nitrogens is 1. The minimum atomic E-state index is -0.434. The van der Waals surface area contributed by atoms with Gasteiger partial charge in [0.05, 0.1) is 12.3 Å². The van der Waals surface area contributed by atoms with Crippen molar-refractivity contribution in [2.24, 2.45) is 0 Å². The maximum Gasteiger partial charge on any atom is 0.356 e. The molecule has 0 aliphatic carbocycles. The van der Waals surface area contributed by atoms with E-state index in [0.29, 0.717) is 12.3 Å². The van der Waals surface area contributed by atoms with E-state index in [0.717, 1.165) is 11.1 Å². The maximum absolute atomic E-state index is 11.7. The average Bonchev–Trinajstić information content (AvgIpc) is 2.54. The van der Waals surface area contributed by atoms with Crippen molar-refractivity contribution in [3.63, 3.8) is 0 Å². The van der Waals surface area contributed by atoms with Crippen LogP contribution in [0.1, 0.15) is 29.9 Å². The molecule has 0 radical (unpaired) electrons. The van der Waals surface area contributed by atoms with Crippen LogP contribution >= 0.6 is 0 Å². The second kappa shape index (κ2) is 7.36. The summed E-state index contributed by atoms with van der Waals surface area (Å²) in [6, 6.07) is 12.7. The first kappa shape index (κ1) is 15.7. The van der Waals surface area contributed by atoms with Gasteiger partial charge in [0.2, 0.25) is 0 Å². The molecule has 0 saturated carbocycles. The highest BCUT2D eigenvalue weighted by Gasteiger charge is 2.09. The summed E-state index contributed by atoms with van der Waals surface area (Å²) in [7, 11) is 0. The fourth-order valence-electron chi connectivity index (χ4n) is 1.87. The lowest BCUT2D eigenvalue weighted by molar-refractivity contribution is -0.142. The number of rotatable bonds is 5. The van der Waals surface area contributed by atoms with Crippen molar-refractivity contribution < 1.29 is 19.1 Å². The number of hydrogen-bond donors (Lipinski definition) is 0. The van der Waals surface area contributed by atoms with Crippen LogP contribution in [0.15, 0.2) is 42.5 Å². The molecule has 2 rings (SSSR count). The normalized spacial score (nSPS) is 10.1. The number of ether oxygens (including phenoxy) is 2. The predicted molar refractivity (Wildman–Crippen MR) is 81.1 cm³/mol. The van der Waals surface area contributed by atoms with Crippen LogP contribution in [-0.4, -0.2) is 23.5 Å². The maximum atomic E-state index is 11.7. The van der Waals surface area contributed by atoms with Crippen LogP contribution in [0.2, 0.25) is 0 Å². The van der Waals surface area contributed by atoms with E-state index in [-0.39, 0.29) is 18.3 Å². The summed E-state index contributed by atoms with van der Waals surface area (Å²) in [5.74, 6) is -0.747. The van der Waals surface area contributed by atoms with Crippen molar-refractivity contribution in [1.29, 1.82) is 0 Å². The van der Waals surface area contributed by atoms with E-state index >= 15 is 0 Å². The van der Waals surface area contributed by atoms with E-state index in [1.807, 2.05) is 30.3 Å². The Morgan fingerprint density at radius 3 is 2.41 bits per heavy atom. The molecule has 0 saturated heterocycles. The van der Waals surface area contributed by atoms with Crippen LogP contribution in [0.5, 0.6) is 0 Å². The molecule has 114 valence electrons. The number of nitrogens with zero attached hydrogens (tertiary/aromatic N) is 1. The highest BCUT2D eigenvalue weighted by atomic mass is 16.5. The SMILES string of the molecule is CCOC(=O)c1cccc(-c2ccc(COC(C)=O)cc2)n1. The summed E-state index contributed by atoms with van der Waals surface area (Å²) in [6.07, 6.45) is 0. The van der Waals surface area contributed by atoms with Gasteiger partial charge in [-0.25, -0.2) is 9.78 Å². The minimum absolute atomic E-state index is 0.242. The fourth-order valence-corrected chi connectivity index (χ4v) is 1.87. The quantitative estimate of drug-likeness (QED) is 0.794. The molecule has 0 N–H and O–H groups in total. The van der Waals surface area contributed by atoms with Crippen LogP contribution in [-0.2, 0) is 20.9 Å². The monoisotopic (exact) mass is 299 g/mol. The molecule has 22 heavy (non-hydrogen) atoms. The van der Waals surface area contributed by atoms with E-state index < -0.39 is 5.97 Å². The first-order chi connectivity index (χ1) is 10.6. The third-order valence-electron chi connectivity index (χ3n) is 2.93. The van der Waals surface area contributed by atoms with Gasteiger partial charge >= 0.3 is 11.9 Å². The number of pyridine rings is 1. The predicted octanol–water partition coefficient (Wildman–Crippen LogP) is 2.99. The molecule has 5 nitrogen and oxygen atoms in total. The summed E-state index contributed by atoms with van der Waals surface area (Å²) in [4.78, 5) is 26.8. The molecule has 0 aliphatic rings. The van der Waals surface area contributed by atoms with Crippen LogP contribution < -0.4 is 0 Å². The van der Waals surface area contributed by atoms with Crippen LogP contribution in [0.4, 0.5) is 0 Å². The largest absolute Gasteiger partial charge is 0.461 e. The van der Waals surface area contributed by atoms with Crippen molar-refractivity contribution in [1.82, 2.24) is 4.98 Å². The lowest BCUT2D eigenvalue weighted by atomic mass is 10.1. The van der Waals surface area contributed by atoms with Gasteiger partial charge in [0.15, 0.2) is 0 Å². The number of esters is 2. The molecular formula is C17H17NO4. The van der Waals surface area contributed by atoms with Gasteiger partial charge in [0, 0.05) is 12.5 Å². The van der Waals surface area contributed by atoms with Gasteiger partial charge < -0.3 is 9.47 Å². The Labute approximate surface area is 128 Å². The average molecular weight is 299 g/mol. The number of carbonyl (C=O) groups excluding carboxylic acids is 2. The Morgan fingerprint density at radius 2 is 1.77 bits per heavy atom. The lowest BCUT2D eigenvalue weighted by Crippen LogP contribution is -2.07. The standard InChI is InChI=1S/C17H17NO4/c1-3-21-17(20)16-6-4-5-15(18-16)14-9-7-13(8-10-14)11-22-12(2)19/h4-10H,3,11H2,1-2H3. The van der Waals surface area contributed by atoms with Gasteiger partial charge in [-0.05, 0) is 24.6 Å². The summed E-state index contributed by atoms with van der Waals surface area (Å²) >= 11 is 0. The molecule has 0 fully saturated rings. The summed E-state index contributed by atoms with van der Waals surface area (Å²) < 4.78 is 9.88. The van der Waals surface area contributed by atoms with Crippen molar-refractivity contribution in [3.8, 4) is 11.3 Å². The van der Waals surface area contributed by atoms with Gasteiger partial charge in [-0.1, -0.05) is 30.3 Å². The Balaban J connectivity index is 2.16. The van der Waals surface area contributed by atoms with Crippen LogP contribution in [0, 0.1) is 0 Å². The molecule has 5 heteroatoms. The molecule has 1 heterocycles. The first-order valence-corrected chi connectivity index (χ1v) is 6.97. The second-order valence-corrected chi connectivity index (χ2v) is 4.61. The summed E-state index contributed by atoms with van der Waals surface area (Å²) in [5.41, 5.74) is 2.73. The second-order valence-electron chi connectivity index (χ2n) is 4.61. The minimum Gasteiger partial charge on any atom is -0.461 e. The number of carbonyl (C=O) groups is 2. The molecule has 1 aromatic heterocycles. The van der Waals surface area contributed by atoms with E-state index in [1.165, 1.54) is 6.92 Å². The summed E-state index contributed by atoms with van der Waals surface area (Å²) in [6.45, 7) is 3.68. The molecular weight excluding hydrogens is 282 g/mol. The van der Waals surface area contributed by atoms with Crippen molar-refractivity contribution in [3.05, 3.63) is 53.7 Å². The number of hydrogen-bond acceptors (Lipinski definition) is 5. The molecule has 0 unspecified atom stereocenters. The zero-order valence-corrected chi connectivity index (χ0v) is 12.5. The Morgan fingerprint density at radius 1 is 1.05 bits per heavy atom. The molecule has 0 bridgehead atoms. The van der Waals surface area contributed by atoms with Gasteiger partial charge in [-0.3, -0.25) is 4.79 Å². The Kier molecular flexibility index (Phi) is 5.25. The highest BCUT2D eigenvalue weighted by Crippen LogP contribution is 2.18. The third-order valence-corrected chi connectivity index (χ3v) is 2.93. The first-order valence-electron chi connectivity index (χ1n) is 6.97. The Bertz CT molecular complexity index is 665. The van der Waals surface area contributed by atoms with Crippen molar-refractivity contribution in [2.45, 2.75) is 20.5 Å². The zero-order valence-electron chi connectivity index (χ0n) is 12.5. The van der Waals surface area contributed by atoms with Crippen LogP contribution in [0.3, 0.4) is 0 Å². The van der Waals surface area contributed by atoms with Crippen LogP contribution in [0.25, 0.3) is 11.3 Å². The third kappa shape index (κ3) is 4.15. The zero-order chi connectivity index (χ0) is 15.9. The van der Waals surface area contributed by atoms with Gasteiger partial charge in [-0.15, -0.1) is 0 Å². The lowest BCUT2D eigenvalue weighted by Gasteiger charge is -2.06.